The number of nitrogens with one attached hydrogen (secondary N) is 1. The Morgan fingerprint density at radius 1 is 1.44 bits per heavy atom. The van der Waals surface area contributed by atoms with Gasteiger partial charge in [-0.2, -0.15) is 0 Å². The maximum Gasteiger partial charge on any atom is 0.329 e. The maximum atomic E-state index is 11.2. The Morgan fingerprint density at radius 2 is 2.06 bits per heavy atom. The van der Waals surface area contributed by atoms with Gasteiger partial charge in [0.1, 0.15) is 5.54 Å². The van der Waals surface area contributed by atoms with Crippen molar-refractivity contribution in [2.24, 2.45) is 0 Å². The maximum absolute atomic E-state index is 11.2. The molecule has 2 N–H and O–H groups in total. The largest absolute Gasteiger partial charge is 0.480 e. The van der Waals surface area contributed by atoms with Gasteiger partial charge in [0.15, 0.2) is 0 Å². The molecule has 0 radical (unpaired) electrons. The molecule has 1 aromatic carbocycles. The van der Waals surface area contributed by atoms with E-state index in [0.29, 0.717) is 6.42 Å². The summed E-state index contributed by atoms with van der Waals surface area (Å²) in [5.41, 5.74) is 2.25. The Morgan fingerprint density at radius 3 is 2.56 bits per heavy atom. The fourth-order valence-corrected chi connectivity index (χ4v) is 1.48. The Hall–Kier alpha value is -1.51. The molecule has 0 saturated carbocycles. The van der Waals surface area contributed by atoms with E-state index < -0.39 is 11.5 Å². The van der Waals surface area contributed by atoms with E-state index in [1.165, 1.54) is 0 Å². The van der Waals surface area contributed by atoms with Crippen LogP contribution in [-0.4, -0.2) is 16.6 Å². The number of rotatable bonds is 4. The van der Waals surface area contributed by atoms with Gasteiger partial charge in [-0.05, 0) is 44.4 Å². The number of carboxylic acid groups (broad SMARTS) is 1. The van der Waals surface area contributed by atoms with Crippen LogP contribution in [0.2, 0.25) is 0 Å². The molecule has 0 aliphatic carbocycles. The first-order chi connectivity index (χ1) is 7.40. The molecule has 88 valence electrons. The van der Waals surface area contributed by atoms with Crippen LogP contribution < -0.4 is 5.32 Å². The van der Waals surface area contributed by atoms with Gasteiger partial charge in [0.25, 0.3) is 0 Å². The molecule has 3 nitrogen and oxygen atoms in total. The number of benzene rings is 1. The van der Waals surface area contributed by atoms with E-state index in [-0.39, 0.29) is 0 Å². The van der Waals surface area contributed by atoms with Gasteiger partial charge in [-0.3, -0.25) is 0 Å². The molecule has 0 bridgehead atoms. The van der Waals surface area contributed by atoms with Crippen molar-refractivity contribution in [1.82, 2.24) is 0 Å². The van der Waals surface area contributed by atoms with E-state index in [1.54, 1.807) is 6.92 Å². The summed E-state index contributed by atoms with van der Waals surface area (Å²) in [6, 6.07) is 5.87. The van der Waals surface area contributed by atoms with Gasteiger partial charge in [-0.15, -0.1) is 0 Å². The average molecular weight is 221 g/mol. The van der Waals surface area contributed by atoms with Gasteiger partial charge in [0.05, 0.1) is 0 Å². The minimum Gasteiger partial charge on any atom is -0.480 e. The molecule has 1 rings (SSSR count). The number of hydrogen-bond acceptors (Lipinski definition) is 2. The van der Waals surface area contributed by atoms with Crippen molar-refractivity contribution in [2.45, 2.75) is 39.7 Å². The molecule has 0 saturated heterocycles. The Labute approximate surface area is 96.5 Å². The van der Waals surface area contributed by atoms with E-state index in [1.807, 2.05) is 39.0 Å². The van der Waals surface area contributed by atoms with Gasteiger partial charge >= 0.3 is 5.97 Å². The quantitative estimate of drug-likeness (QED) is 0.821. The predicted molar refractivity (Wildman–Crippen MR) is 65.9 cm³/mol. The fourth-order valence-electron chi connectivity index (χ4n) is 1.48. The lowest BCUT2D eigenvalue weighted by Crippen LogP contribution is -2.42. The van der Waals surface area contributed by atoms with Crippen molar-refractivity contribution in [3.05, 3.63) is 29.3 Å². The zero-order valence-electron chi connectivity index (χ0n) is 10.3. The number of carboxylic acids is 1. The molecule has 1 aromatic rings. The zero-order valence-corrected chi connectivity index (χ0v) is 10.3. The monoisotopic (exact) mass is 221 g/mol. The normalized spacial score (nSPS) is 14.2. The molecule has 0 amide bonds. The van der Waals surface area contributed by atoms with Crippen molar-refractivity contribution < 1.29 is 9.90 Å². The summed E-state index contributed by atoms with van der Waals surface area (Å²) in [5, 5.41) is 12.3. The van der Waals surface area contributed by atoms with Crippen molar-refractivity contribution in [3.8, 4) is 0 Å². The molecular weight excluding hydrogens is 202 g/mol. The van der Waals surface area contributed by atoms with Crippen LogP contribution in [0.3, 0.4) is 0 Å². The lowest BCUT2D eigenvalue weighted by Gasteiger charge is -2.27. The summed E-state index contributed by atoms with van der Waals surface area (Å²) in [6.07, 6.45) is 0.537. The summed E-state index contributed by atoms with van der Waals surface area (Å²) in [4.78, 5) is 11.2. The first-order valence-electron chi connectivity index (χ1n) is 5.48. The SMILES string of the molecule is CCC(C)(Nc1cccc(C)c1C)C(=O)O. The third-order valence-electron chi connectivity index (χ3n) is 3.19. The summed E-state index contributed by atoms with van der Waals surface area (Å²) in [6.45, 7) is 7.59. The Bertz CT molecular complexity index is 401. The number of hydrogen-bond donors (Lipinski definition) is 2. The average Bonchev–Trinajstić information content (AvgIpc) is 2.24. The highest BCUT2D eigenvalue weighted by Gasteiger charge is 2.31. The molecule has 16 heavy (non-hydrogen) atoms. The van der Waals surface area contributed by atoms with E-state index in [2.05, 4.69) is 5.32 Å². The highest BCUT2D eigenvalue weighted by Crippen LogP contribution is 2.24. The topological polar surface area (TPSA) is 49.3 Å². The summed E-state index contributed by atoms with van der Waals surface area (Å²) in [5.74, 6) is -0.823. The van der Waals surface area contributed by atoms with Crippen LogP contribution in [0.1, 0.15) is 31.4 Å². The van der Waals surface area contributed by atoms with Gasteiger partial charge in [-0.25, -0.2) is 4.79 Å². The summed E-state index contributed by atoms with van der Waals surface area (Å²) in [7, 11) is 0. The molecule has 0 aliphatic heterocycles. The van der Waals surface area contributed by atoms with E-state index in [4.69, 9.17) is 0 Å². The van der Waals surface area contributed by atoms with Crippen LogP contribution in [0.4, 0.5) is 5.69 Å². The van der Waals surface area contributed by atoms with Gasteiger partial charge in [-0.1, -0.05) is 19.1 Å². The molecule has 1 unspecified atom stereocenters. The van der Waals surface area contributed by atoms with Crippen LogP contribution in [-0.2, 0) is 4.79 Å². The van der Waals surface area contributed by atoms with Crippen LogP contribution in [0.5, 0.6) is 0 Å². The Balaban J connectivity index is 3.04. The molecular formula is C13H19NO2. The lowest BCUT2D eigenvalue weighted by atomic mass is 9.97. The minimum absolute atomic E-state index is 0.537. The number of aryl methyl sites for hydroxylation is 1. The number of anilines is 1. The predicted octanol–water partition coefficient (Wildman–Crippen LogP) is 2.97. The van der Waals surface area contributed by atoms with E-state index >= 15 is 0 Å². The van der Waals surface area contributed by atoms with Crippen molar-refractivity contribution in [2.75, 3.05) is 5.32 Å². The first-order valence-corrected chi connectivity index (χ1v) is 5.48. The van der Waals surface area contributed by atoms with E-state index in [9.17, 15) is 9.90 Å². The van der Waals surface area contributed by atoms with Crippen LogP contribution in [0, 0.1) is 13.8 Å². The minimum atomic E-state index is -0.904. The molecule has 3 heteroatoms. The second-order valence-corrected chi connectivity index (χ2v) is 4.36. The first kappa shape index (κ1) is 12.6. The molecule has 0 spiro atoms. The van der Waals surface area contributed by atoms with Crippen LogP contribution >= 0.6 is 0 Å². The molecule has 0 aromatic heterocycles. The highest BCUT2D eigenvalue weighted by atomic mass is 16.4. The smallest absolute Gasteiger partial charge is 0.329 e. The van der Waals surface area contributed by atoms with Crippen molar-refractivity contribution in [1.29, 1.82) is 0 Å². The number of aliphatic carboxylic acids is 1. The summed E-state index contributed by atoms with van der Waals surface area (Å²) >= 11 is 0. The second kappa shape index (κ2) is 4.56. The standard InChI is InChI=1S/C13H19NO2/c1-5-13(4,12(15)16)14-11-8-6-7-9(2)10(11)3/h6-8,14H,5H2,1-4H3,(H,15,16). The third-order valence-corrected chi connectivity index (χ3v) is 3.19. The van der Waals surface area contributed by atoms with Gasteiger partial charge < -0.3 is 10.4 Å². The van der Waals surface area contributed by atoms with E-state index in [0.717, 1.165) is 16.8 Å². The summed E-state index contributed by atoms with van der Waals surface area (Å²) < 4.78 is 0. The van der Waals surface area contributed by atoms with Crippen molar-refractivity contribution >= 4 is 11.7 Å². The number of carbonyl (C=O) groups is 1. The molecule has 0 fully saturated rings. The lowest BCUT2D eigenvalue weighted by molar-refractivity contribution is -0.141. The third kappa shape index (κ3) is 2.35. The fraction of sp³-hybridized carbons (Fsp3) is 0.462. The van der Waals surface area contributed by atoms with Gasteiger partial charge in [0, 0.05) is 5.69 Å². The van der Waals surface area contributed by atoms with Gasteiger partial charge in [0.2, 0.25) is 0 Å². The van der Waals surface area contributed by atoms with Crippen molar-refractivity contribution in [3.63, 3.8) is 0 Å². The van der Waals surface area contributed by atoms with Crippen LogP contribution in [0.25, 0.3) is 0 Å². The molecule has 0 aliphatic rings. The molecule has 1 atom stereocenters. The zero-order chi connectivity index (χ0) is 12.3. The highest BCUT2D eigenvalue weighted by molar-refractivity contribution is 5.82. The van der Waals surface area contributed by atoms with Crippen LogP contribution in [0.15, 0.2) is 18.2 Å². The molecule has 0 heterocycles. The second-order valence-electron chi connectivity index (χ2n) is 4.36. The Kier molecular flexibility index (Phi) is 3.58.